The Morgan fingerprint density at radius 2 is 1.82 bits per heavy atom. The Morgan fingerprint density at radius 3 is 2.57 bits per heavy atom. The Kier molecular flexibility index (Phi) is 5.56. The zero-order chi connectivity index (χ0) is 19.2. The van der Waals surface area contributed by atoms with Crippen LogP contribution in [0.25, 0.3) is 11.3 Å². The van der Waals surface area contributed by atoms with Crippen molar-refractivity contribution in [3.05, 3.63) is 72.9 Å². The molecule has 0 atom stereocenters. The first-order valence-electron chi connectivity index (χ1n) is 9.59. The van der Waals surface area contributed by atoms with E-state index < -0.39 is 0 Å². The third-order valence-corrected chi connectivity index (χ3v) is 5.12. The van der Waals surface area contributed by atoms with E-state index in [2.05, 4.69) is 37.3 Å². The molecular weight excluding hydrogens is 350 g/mol. The lowest BCUT2D eigenvalue weighted by atomic mass is 9.95. The molecule has 1 aliphatic rings. The molecule has 1 aliphatic heterocycles. The molecule has 1 aromatic carbocycles. The van der Waals surface area contributed by atoms with Gasteiger partial charge in [-0.05, 0) is 25.0 Å². The van der Waals surface area contributed by atoms with Crippen LogP contribution in [0.3, 0.4) is 0 Å². The van der Waals surface area contributed by atoms with Gasteiger partial charge in [-0.1, -0.05) is 36.4 Å². The molecule has 0 unspecified atom stereocenters. The topological polar surface area (TPSA) is 71.0 Å². The van der Waals surface area contributed by atoms with E-state index in [-0.39, 0.29) is 11.8 Å². The van der Waals surface area contributed by atoms with Gasteiger partial charge in [-0.3, -0.25) is 9.78 Å². The summed E-state index contributed by atoms with van der Waals surface area (Å²) in [4.78, 5) is 27.8. The number of benzene rings is 1. The van der Waals surface area contributed by atoms with E-state index in [1.165, 1.54) is 0 Å². The smallest absolute Gasteiger partial charge is 0.223 e. The highest BCUT2D eigenvalue weighted by Crippen LogP contribution is 2.30. The molecule has 0 aliphatic carbocycles. The second kappa shape index (κ2) is 8.61. The largest absolute Gasteiger partial charge is 0.368 e. The SMILES string of the molecule is O=C(NCc1ccccn1)C1CCN(c2cncnc2-c2ccccc2)CC1. The molecule has 28 heavy (non-hydrogen) atoms. The summed E-state index contributed by atoms with van der Waals surface area (Å²) in [5, 5.41) is 3.02. The molecule has 6 nitrogen and oxygen atoms in total. The molecule has 1 N–H and O–H groups in total. The van der Waals surface area contributed by atoms with E-state index in [9.17, 15) is 4.79 Å². The van der Waals surface area contributed by atoms with Crippen molar-refractivity contribution < 1.29 is 4.79 Å². The lowest BCUT2D eigenvalue weighted by molar-refractivity contribution is -0.125. The normalized spacial score (nSPS) is 14.6. The van der Waals surface area contributed by atoms with Gasteiger partial charge in [-0.25, -0.2) is 9.97 Å². The summed E-state index contributed by atoms with van der Waals surface area (Å²) in [7, 11) is 0. The van der Waals surface area contributed by atoms with Gasteiger partial charge in [0.05, 0.1) is 29.8 Å². The molecule has 3 heterocycles. The van der Waals surface area contributed by atoms with Crippen LogP contribution in [0.5, 0.6) is 0 Å². The maximum Gasteiger partial charge on any atom is 0.223 e. The Morgan fingerprint density at radius 1 is 1.04 bits per heavy atom. The van der Waals surface area contributed by atoms with Crippen molar-refractivity contribution in [1.29, 1.82) is 0 Å². The Hall–Kier alpha value is -3.28. The van der Waals surface area contributed by atoms with Crippen molar-refractivity contribution in [2.24, 2.45) is 5.92 Å². The second-order valence-electron chi connectivity index (χ2n) is 6.92. The lowest BCUT2D eigenvalue weighted by Crippen LogP contribution is -2.40. The summed E-state index contributed by atoms with van der Waals surface area (Å²) in [5.74, 6) is 0.141. The molecule has 0 radical (unpaired) electrons. The molecule has 2 aromatic heterocycles. The number of rotatable bonds is 5. The molecular formula is C22H23N5O. The van der Waals surface area contributed by atoms with Crippen molar-refractivity contribution in [1.82, 2.24) is 20.3 Å². The molecule has 0 saturated carbocycles. The third-order valence-electron chi connectivity index (χ3n) is 5.12. The summed E-state index contributed by atoms with van der Waals surface area (Å²) in [5.41, 5.74) is 3.92. The molecule has 0 bridgehead atoms. The number of aromatic nitrogens is 3. The average molecular weight is 373 g/mol. The maximum absolute atomic E-state index is 12.5. The van der Waals surface area contributed by atoms with Gasteiger partial charge in [-0.15, -0.1) is 0 Å². The first kappa shape index (κ1) is 18.1. The van der Waals surface area contributed by atoms with Gasteiger partial charge in [0.2, 0.25) is 5.91 Å². The van der Waals surface area contributed by atoms with Gasteiger partial charge in [0.1, 0.15) is 6.33 Å². The van der Waals surface area contributed by atoms with Crippen molar-refractivity contribution in [3.63, 3.8) is 0 Å². The number of carbonyl (C=O) groups is 1. The van der Waals surface area contributed by atoms with Crippen LogP contribution in [0.1, 0.15) is 18.5 Å². The number of nitrogens with one attached hydrogen (secondary N) is 1. The van der Waals surface area contributed by atoms with E-state index in [0.717, 1.165) is 48.6 Å². The number of hydrogen-bond acceptors (Lipinski definition) is 5. The number of piperidine rings is 1. The van der Waals surface area contributed by atoms with Gasteiger partial charge in [0.25, 0.3) is 0 Å². The number of hydrogen-bond donors (Lipinski definition) is 1. The van der Waals surface area contributed by atoms with E-state index in [1.54, 1.807) is 12.5 Å². The maximum atomic E-state index is 12.5. The number of pyridine rings is 1. The Bertz CT molecular complexity index is 908. The molecule has 0 spiro atoms. The highest BCUT2D eigenvalue weighted by atomic mass is 16.1. The first-order chi connectivity index (χ1) is 13.8. The highest BCUT2D eigenvalue weighted by molar-refractivity contribution is 5.79. The molecule has 6 heteroatoms. The van der Waals surface area contributed by atoms with Crippen LogP contribution in [0.15, 0.2) is 67.3 Å². The standard InChI is InChI=1S/C22H23N5O/c28-22(25-14-19-8-4-5-11-24-19)18-9-12-27(13-10-18)20-15-23-16-26-21(20)17-6-2-1-3-7-17/h1-8,11,15-16,18H,9-10,12-14H2,(H,25,28). The van der Waals surface area contributed by atoms with Crippen molar-refractivity contribution in [2.45, 2.75) is 19.4 Å². The summed E-state index contributed by atoms with van der Waals surface area (Å²) in [6.07, 6.45) is 6.83. The minimum atomic E-state index is 0.0322. The fourth-order valence-electron chi connectivity index (χ4n) is 3.58. The minimum absolute atomic E-state index is 0.0322. The molecule has 142 valence electrons. The molecule has 1 amide bonds. The Labute approximate surface area is 164 Å². The van der Waals surface area contributed by atoms with E-state index in [1.807, 2.05) is 42.6 Å². The molecule has 1 saturated heterocycles. The molecule has 4 rings (SSSR count). The van der Waals surface area contributed by atoms with Crippen LogP contribution in [0, 0.1) is 5.92 Å². The predicted molar refractivity (Wildman–Crippen MR) is 108 cm³/mol. The second-order valence-corrected chi connectivity index (χ2v) is 6.92. The summed E-state index contributed by atoms with van der Waals surface area (Å²) >= 11 is 0. The van der Waals surface area contributed by atoms with Crippen molar-refractivity contribution in [2.75, 3.05) is 18.0 Å². The number of anilines is 1. The van der Waals surface area contributed by atoms with Crippen LogP contribution in [0.2, 0.25) is 0 Å². The monoisotopic (exact) mass is 373 g/mol. The fourth-order valence-corrected chi connectivity index (χ4v) is 3.58. The number of nitrogens with zero attached hydrogens (tertiary/aromatic N) is 4. The van der Waals surface area contributed by atoms with E-state index in [0.29, 0.717) is 6.54 Å². The third kappa shape index (κ3) is 4.17. The lowest BCUT2D eigenvalue weighted by Gasteiger charge is -2.33. The minimum Gasteiger partial charge on any atom is -0.368 e. The summed E-state index contributed by atoms with van der Waals surface area (Å²) in [6, 6.07) is 15.9. The van der Waals surface area contributed by atoms with Gasteiger partial charge in [0, 0.05) is 30.8 Å². The van der Waals surface area contributed by atoms with Crippen LogP contribution < -0.4 is 10.2 Å². The van der Waals surface area contributed by atoms with E-state index >= 15 is 0 Å². The van der Waals surface area contributed by atoms with Crippen LogP contribution in [-0.2, 0) is 11.3 Å². The average Bonchev–Trinajstić information content (AvgIpc) is 2.79. The summed E-state index contributed by atoms with van der Waals surface area (Å²) < 4.78 is 0. The van der Waals surface area contributed by atoms with Gasteiger partial charge in [-0.2, -0.15) is 0 Å². The predicted octanol–water partition coefficient (Wildman–Crippen LogP) is 3.07. The van der Waals surface area contributed by atoms with E-state index in [4.69, 9.17) is 0 Å². The van der Waals surface area contributed by atoms with Crippen LogP contribution in [-0.4, -0.2) is 33.9 Å². The zero-order valence-corrected chi connectivity index (χ0v) is 15.7. The number of carbonyl (C=O) groups excluding carboxylic acids is 1. The fraction of sp³-hybridized carbons (Fsp3) is 0.273. The van der Waals surface area contributed by atoms with Crippen LogP contribution >= 0.6 is 0 Å². The van der Waals surface area contributed by atoms with Gasteiger partial charge >= 0.3 is 0 Å². The van der Waals surface area contributed by atoms with Crippen LogP contribution in [0.4, 0.5) is 5.69 Å². The summed E-state index contributed by atoms with van der Waals surface area (Å²) in [6.45, 7) is 2.11. The first-order valence-corrected chi connectivity index (χ1v) is 9.59. The quantitative estimate of drug-likeness (QED) is 0.744. The Balaban J connectivity index is 1.38. The molecule has 3 aromatic rings. The van der Waals surface area contributed by atoms with Gasteiger partial charge < -0.3 is 10.2 Å². The van der Waals surface area contributed by atoms with Gasteiger partial charge in [0.15, 0.2) is 0 Å². The van der Waals surface area contributed by atoms with Crippen molar-refractivity contribution >= 4 is 11.6 Å². The molecule has 1 fully saturated rings. The highest BCUT2D eigenvalue weighted by Gasteiger charge is 2.26. The zero-order valence-electron chi connectivity index (χ0n) is 15.7. The number of amides is 1. The van der Waals surface area contributed by atoms with Crippen molar-refractivity contribution in [3.8, 4) is 11.3 Å².